The predicted molar refractivity (Wildman–Crippen MR) is 154 cm³/mol. The van der Waals surface area contributed by atoms with Crippen molar-refractivity contribution in [2.45, 2.75) is 47.1 Å². The van der Waals surface area contributed by atoms with Crippen LogP contribution in [0, 0.1) is 18.3 Å². The first kappa shape index (κ1) is 28.5. The van der Waals surface area contributed by atoms with Gasteiger partial charge in [0.1, 0.15) is 17.4 Å². The quantitative estimate of drug-likeness (QED) is 0.188. The zero-order valence-corrected chi connectivity index (χ0v) is 23.6. The number of carbonyl (C=O) groups excluding carboxylic acids is 2. The number of aromatic nitrogens is 2. The van der Waals surface area contributed by atoms with Gasteiger partial charge in [0.15, 0.2) is 0 Å². The number of nitriles is 1. The Labute approximate surface area is 235 Å². The second-order valence-corrected chi connectivity index (χ2v) is 9.83. The summed E-state index contributed by atoms with van der Waals surface area (Å²) in [4.78, 5) is 27.8. The third kappa shape index (κ3) is 6.05. The molecular weight excluding hydrogens is 504 g/mol. The normalized spacial score (nSPS) is 14.8. The first-order valence-electron chi connectivity index (χ1n) is 13.4. The van der Waals surface area contributed by atoms with E-state index in [2.05, 4.69) is 0 Å². The summed E-state index contributed by atoms with van der Waals surface area (Å²) in [5.41, 5.74) is 4.63. The van der Waals surface area contributed by atoms with Crippen LogP contribution in [-0.2, 0) is 14.3 Å². The van der Waals surface area contributed by atoms with Gasteiger partial charge in [-0.2, -0.15) is 10.4 Å². The average Bonchev–Trinajstić information content (AvgIpc) is 3.36. The van der Waals surface area contributed by atoms with Gasteiger partial charge < -0.3 is 9.47 Å². The van der Waals surface area contributed by atoms with Crippen LogP contribution in [0.1, 0.15) is 45.2 Å². The van der Waals surface area contributed by atoms with Gasteiger partial charge in [-0.05, 0) is 88.6 Å². The highest BCUT2D eigenvalue weighted by Crippen LogP contribution is 2.33. The van der Waals surface area contributed by atoms with Crippen molar-refractivity contribution >= 4 is 17.9 Å². The van der Waals surface area contributed by atoms with Gasteiger partial charge in [-0.1, -0.05) is 18.2 Å². The molecule has 0 atom stereocenters. The Balaban J connectivity index is 1.81. The zero-order valence-electron chi connectivity index (χ0n) is 23.6. The predicted octanol–water partition coefficient (Wildman–Crippen LogP) is 5.65. The lowest BCUT2D eigenvalue weighted by molar-refractivity contribution is -0.140. The average molecular weight is 539 g/mol. The van der Waals surface area contributed by atoms with Crippen molar-refractivity contribution in [3.8, 4) is 28.8 Å². The standard InChI is InChI=1S/C32H34N4O4/c1-6-39-29-14-13-24(17-22(29)4)30-25(20-36(34-30)26-11-8-7-9-12-26)18-27-23(5)28(19-33)32(38)35(31(27)37)15-10-16-40-21(2)3/h7-9,11-14,17-18,20-21H,6,10,15-16H2,1-5H3/b27-18+. The maximum atomic E-state index is 13.6. The number of imide groups is 1. The highest BCUT2D eigenvalue weighted by molar-refractivity contribution is 6.19. The lowest BCUT2D eigenvalue weighted by Crippen LogP contribution is -2.43. The minimum atomic E-state index is -0.575. The lowest BCUT2D eigenvalue weighted by atomic mass is 9.93. The van der Waals surface area contributed by atoms with Crippen molar-refractivity contribution in [2.24, 2.45) is 0 Å². The third-order valence-electron chi connectivity index (χ3n) is 6.61. The number of hydrogen-bond donors (Lipinski definition) is 0. The minimum absolute atomic E-state index is 0.0375. The van der Waals surface area contributed by atoms with Crippen molar-refractivity contribution in [3.05, 3.63) is 82.6 Å². The van der Waals surface area contributed by atoms with Crippen molar-refractivity contribution < 1.29 is 19.1 Å². The monoisotopic (exact) mass is 538 g/mol. The summed E-state index contributed by atoms with van der Waals surface area (Å²) in [6.07, 6.45) is 4.11. The molecule has 40 heavy (non-hydrogen) atoms. The molecule has 0 unspecified atom stereocenters. The number of para-hydroxylation sites is 1. The maximum absolute atomic E-state index is 13.6. The summed E-state index contributed by atoms with van der Waals surface area (Å²) in [7, 11) is 0. The fourth-order valence-electron chi connectivity index (χ4n) is 4.57. The Hall–Kier alpha value is -4.48. The Morgan fingerprint density at radius 2 is 1.82 bits per heavy atom. The molecule has 0 fully saturated rings. The highest BCUT2D eigenvalue weighted by atomic mass is 16.5. The van der Waals surface area contributed by atoms with Crippen molar-refractivity contribution in [2.75, 3.05) is 19.8 Å². The van der Waals surface area contributed by atoms with Crippen LogP contribution >= 0.6 is 0 Å². The number of carbonyl (C=O) groups is 2. The van der Waals surface area contributed by atoms with E-state index in [0.29, 0.717) is 36.5 Å². The van der Waals surface area contributed by atoms with Crippen molar-refractivity contribution in [3.63, 3.8) is 0 Å². The Morgan fingerprint density at radius 3 is 2.48 bits per heavy atom. The zero-order chi connectivity index (χ0) is 28.8. The maximum Gasteiger partial charge on any atom is 0.271 e. The number of hydrogen-bond acceptors (Lipinski definition) is 6. The smallest absolute Gasteiger partial charge is 0.271 e. The van der Waals surface area contributed by atoms with Gasteiger partial charge in [-0.15, -0.1) is 0 Å². The SMILES string of the molecule is CCOc1ccc(-c2nn(-c3ccccc3)cc2/C=C2/C(=O)N(CCCOC(C)C)C(=O)C(C#N)=C2C)cc1C. The first-order chi connectivity index (χ1) is 19.2. The molecule has 0 saturated carbocycles. The van der Waals surface area contributed by atoms with Gasteiger partial charge >= 0.3 is 0 Å². The molecule has 0 radical (unpaired) electrons. The summed E-state index contributed by atoms with van der Waals surface area (Å²) in [5.74, 6) is -0.217. The van der Waals surface area contributed by atoms with E-state index in [1.807, 2.05) is 88.5 Å². The molecule has 2 amide bonds. The number of amides is 2. The second-order valence-electron chi connectivity index (χ2n) is 9.83. The molecule has 1 aliphatic heterocycles. The second kappa shape index (κ2) is 12.6. The van der Waals surface area contributed by atoms with E-state index in [4.69, 9.17) is 14.6 Å². The molecule has 1 aliphatic rings. The fourth-order valence-corrected chi connectivity index (χ4v) is 4.57. The van der Waals surface area contributed by atoms with Crippen LogP contribution in [0.2, 0.25) is 0 Å². The highest BCUT2D eigenvalue weighted by Gasteiger charge is 2.35. The van der Waals surface area contributed by atoms with E-state index in [1.165, 1.54) is 0 Å². The van der Waals surface area contributed by atoms with Crippen LogP contribution in [0.4, 0.5) is 0 Å². The molecule has 4 rings (SSSR count). The molecule has 0 saturated heterocycles. The van der Waals surface area contributed by atoms with E-state index < -0.39 is 11.8 Å². The van der Waals surface area contributed by atoms with Crippen LogP contribution in [0.25, 0.3) is 23.0 Å². The molecule has 2 aromatic carbocycles. The summed E-state index contributed by atoms with van der Waals surface area (Å²) in [5, 5.41) is 14.7. The number of rotatable bonds is 10. The van der Waals surface area contributed by atoms with Crippen LogP contribution in [0.5, 0.6) is 5.75 Å². The van der Waals surface area contributed by atoms with Crippen LogP contribution in [0.15, 0.2) is 71.4 Å². The van der Waals surface area contributed by atoms with Gasteiger partial charge in [0.05, 0.1) is 24.1 Å². The molecule has 0 spiro atoms. The van der Waals surface area contributed by atoms with Gasteiger partial charge in [-0.25, -0.2) is 4.68 Å². The number of ether oxygens (including phenoxy) is 2. The molecule has 8 heteroatoms. The van der Waals surface area contributed by atoms with Gasteiger partial charge in [0, 0.05) is 36.0 Å². The first-order valence-corrected chi connectivity index (χ1v) is 13.4. The molecule has 0 N–H and O–H groups in total. The number of nitrogens with zero attached hydrogens (tertiary/aromatic N) is 4. The fraction of sp³-hybridized carbons (Fsp3) is 0.312. The summed E-state index contributed by atoms with van der Waals surface area (Å²) >= 11 is 0. The number of aryl methyl sites for hydroxylation is 1. The summed E-state index contributed by atoms with van der Waals surface area (Å²) in [6, 6.07) is 17.5. The van der Waals surface area contributed by atoms with Crippen LogP contribution in [0.3, 0.4) is 0 Å². The summed E-state index contributed by atoms with van der Waals surface area (Å²) in [6.45, 7) is 10.5. The van der Waals surface area contributed by atoms with Crippen molar-refractivity contribution in [1.29, 1.82) is 5.26 Å². The van der Waals surface area contributed by atoms with Crippen LogP contribution in [-0.4, -0.2) is 52.4 Å². The lowest BCUT2D eigenvalue weighted by Gasteiger charge is -2.27. The van der Waals surface area contributed by atoms with Crippen LogP contribution < -0.4 is 4.74 Å². The molecule has 2 heterocycles. The number of benzene rings is 2. The van der Waals surface area contributed by atoms with E-state index in [1.54, 1.807) is 17.7 Å². The van der Waals surface area contributed by atoms with E-state index in [0.717, 1.165) is 27.5 Å². The summed E-state index contributed by atoms with van der Waals surface area (Å²) < 4.78 is 13.1. The Morgan fingerprint density at radius 1 is 1.07 bits per heavy atom. The molecular formula is C32H34N4O4. The van der Waals surface area contributed by atoms with Gasteiger partial charge in [-0.3, -0.25) is 14.5 Å². The largest absolute Gasteiger partial charge is 0.494 e. The minimum Gasteiger partial charge on any atom is -0.494 e. The third-order valence-corrected chi connectivity index (χ3v) is 6.61. The Bertz CT molecular complexity index is 1510. The molecule has 0 aliphatic carbocycles. The Kier molecular flexibility index (Phi) is 8.97. The van der Waals surface area contributed by atoms with E-state index >= 15 is 0 Å². The molecule has 206 valence electrons. The molecule has 3 aromatic rings. The van der Waals surface area contributed by atoms with Gasteiger partial charge in [0.2, 0.25) is 0 Å². The van der Waals surface area contributed by atoms with Gasteiger partial charge in [0.25, 0.3) is 11.8 Å². The van der Waals surface area contributed by atoms with E-state index in [9.17, 15) is 14.9 Å². The molecule has 8 nitrogen and oxygen atoms in total. The topological polar surface area (TPSA) is 97.4 Å². The van der Waals surface area contributed by atoms with Crippen molar-refractivity contribution in [1.82, 2.24) is 14.7 Å². The van der Waals surface area contributed by atoms with E-state index in [-0.39, 0.29) is 23.8 Å². The molecule has 1 aromatic heterocycles. The molecule has 0 bridgehead atoms.